The summed E-state index contributed by atoms with van der Waals surface area (Å²) in [6.45, 7) is 4.91. The number of rotatable bonds is 2. The number of urea groups is 1. The highest BCUT2D eigenvalue weighted by molar-refractivity contribution is 5.90. The molecule has 2 aromatic carbocycles. The Hall–Kier alpha value is -3.02. The number of fused-ring (bicyclic) bond motifs is 1. The van der Waals surface area contributed by atoms with Crippen LogP contribution in [0.25, 0.3) is 11.0 Å². The highest BCUT2D eigenvalue weighted by Gasteiger charge is 2.24. The van der Waals surface area contributed by atoms with Gasteiger partial charge in [0.15, 0.2) is 0 Å². The molecular weight excluding hydrogens is 326 g/mol. The number of hydrogen-bond donors (Lipinski definition) is 1. The summed E-state index contributed by atoms with van der Waals surface area (Å²) in [7, 11) is 2.04. The average Bonchev–Trinajstić information content (AvgIpc) is 3.01. The van der Waals surface area contributed by atoms with Crippen LogP contribution >= 0.6 is 0 Å². The highest BCUT2D eigenvalue weighted by Crippen LogP contribution is 2.22. The van der Waals surface area contributed by atoms with E-state index in [-0.39, 0.29) is 6.03 Å². The second-order valence-corrected chi connectivity index (χ2v) is 6.68. The van der Waals surface area contributed by atoms with E-state index in [1.54, 1.807) is 0 Å². The van der Waals surface area contributed by atoms with Crippen molar-refractivity contribution >= 4 is 28.7 Å². The lowest BCUT2D eigenvalue weighted by Gasteiger charge is -2.35. The lowest BCUT2D eigenvalue weighted by molar-refractivity contribution is 0.208. The Balaban J connectivity index is 1.43. The number of imidazole rings is 1. The van der Waals surface area contributed by atoms with E-state index in [1.807, 2.05) is 61.3 Å². The van der Waals surface area contributed by atoms with E-state index in [2.05, 4.69) is 20.9 Å². The Labute approximate surface area is 153 Å². The monoisotopic (exact) mass is 349 g/mol. The first-order valence-electron chi connectivity index (χ1n) is 8.91. The third-order valence-electron chi connectivity index (χ3n) is 5.00. The Kier molecular flexibility index (Phi) is 4.24. The number of anilines is 2. The molecule has 26 heavy (non-hydrogen) atoms. The van der Waals surface area contributed by atoms with Crippen LogP contribution in [0.5, 0.6) is 0 Å². The van der Waals surface area contributed by atoms with Crippen LogP contribution in [0.15, 0.2) is 48.5 Å². The van der Waals surface area contributed by atoms with Crippen molar-refractivity contribution in [2.24, 2.45) is 7.05 Å². The smallest absolute Gasteiger partial charge is 0.321 e. The second-order valence-electron chi connectivity index (χ2n) is 6.68. The molecule has 0 aliphatic carbocycles. The van der Waals surface area contributed by atoms with E-state index in [4.69, 9.17) is 4.98 Å². The van der Waals surface area contributed by atoms with Crippen LogP contribution in [0.4, 0.5) is 16.4 Å². The minimum Gasteiger partial charge on any atom is -0.339 e. The first-order valence-corrected chi connectivity index (χ1v) is 8.91. The predicted octanol–water partition coefficient (Wildman–Crippen LogP) is 3.24. The van der Waals surface area contributed by atoms with E-state index >= 15 is 0 Å². The number of aromatic nitrogens is 2. The predicted molar refractivity (Wildman–Crippen MR) is 105 cm³/mol. The Morgan fingerprint density at radius 3 is 2.42 bits per heavy atom. The number of nitrogens with one attached hydrogen (secondary N) is 1. The van der Waals surface area contributed by atoms with Gasteiger partial charge in [0.2, 0.25) is 5.95 Å². The molecular formula is C20H23N5O. The number of aryl methyl sites for hydroxylation is 2. The lowest BCUT2D eigenvalue weighted by Crippen LogP contribution is -2.50. The molecule has 2 heterocycles. The molecule has 0 saturated carbocycles. The molecule has 6 nitrogen and oxygen atoms in total. The Morgan fingerprint density at radius 2 is 1.69 bits per heavy atom. The van der Waals surface area contributed by atoms with Gasteiger partial charge in [-0.2, -0.15) is 0 Å². The molecule has 1 N–H and O–H groups in total. The summed E-state index contributed by atoms with van der Waals surface area (Å²) in [4.78, 5) is 21.4. The first-order chi connectivity index (χ1) is 12.6. The molecule has 1 saturated heterocycles. The number of para-hydroxylation sites is 3. The summed E-state index contributed by atoms with van der Waals surface area (Å²) < 4.78 is 2.12. The van der Waals surface area contributed by atoms with Crippen molar-refractivity contribution in [3.05, 3.63) is 54.1 Å². The molecule has 134 valence electrons. The summed E-state index contributed by atoms with van der Waals surface area (Å²) >= 11 is 0. The molecule has 1 aromatic heterocycles. The number of nitrogens with zero attached hydrogens (tertiary/aromatic N) is 4. The number of carbonyl (C=O) groups is 1. The second kappa shape index (κ2) is 6.71. The molecule has 0 unspecified atom stereocenters. The van der Waals surface area contributed by atoms with Crippen LogP contribution in [-0.4, -0.2) is 46.7 Å². The fraction of sp³-hybridized carbons (Fsp3) is 0.300. The molecule has 3 aromatic rings. The van der Waals surface area contributed by atoms with E-state index in [0.29, 0.717) is 13.1 Å². The zero-order chi connectivity index (χ0) is 18.1. The molecule has 1 aliphatic heterocycles. The number of benzene rings is 2. The van der Waals surface area contributed by atoms with Crippen molar-refractivity contribution in [1.29, 1.82) is 0 Å². The van der Waals surface area contributed by atoms with Gasteiger partial charge in [-0.3, -0.25) is 0 Å². The van der Waals surface area contributed by atoms with Gasteiger partial charge in [-0.05, 0) is 30.7 Å². The molecule has 6 heteroatoms. The molecule has 4 rings (SSSR count). The molecule has 0 bridgehead atoms. The Morgan fingerprint density at radius 1 is 1.00 bits per heavy atom. The van der Waals surface area contributed by atoms with Crippen LogP contribution in [0.3, 0.4) is 0 Å². The van der Waals surface area contributed by atoms with E-state index in [0.717, 1.165) is 41.3 Å². The summed E-state index contributed by atoms with van der Waals surface area (Å²) in [6.07, 6.45) is 0. The maximum atomic E-state index is 12.5. The largest absolute Gasteiger partial charge is 0.339 e. The summed E-state index contributed by atoms with van der Waals surface area (Å²) in [6, 6.07) is 16.0. The normalized spacial score (nSPS) is 14.7. The maximum Gasteiger partial charge on any atom is 0.321 e. The van der Waals surface area contributed by atoms with Gasteiger partial charge in [0.05, 0.1) is 11.0 Å². The summed E-state index contributed by atoms with van der Waals surface area (Å²) in [5, 5.41) is 3.02. The van der Waals surface area contributed by atoms with Crippen molar-refractivity contribution < 1.29 is 4.79 Å². The number of piperazine rings is 1. The standard InChI is InChI=1S/C20H23N5O/c1-15-7-3-4-8-16(15)22-20(26)25-13-11-24(12-14-25)19-21-17-9-5-6-10-18(17)23(19)2/h3-10H,11-14H2,1-2H3,(H,22,26). The maximum absolute atomic E-state index is 12.5. The van der Waals surface area contributed by atoms with Crippen molar-refractivity contribution in [1.82, 2.24) is 14.5 Å². The van der Waals surface area contributed by atoms with Gasteiger partial charge >= 0.3 is 6.03 Å². The molecule has 1 aliphatic rings. The van der Waals surface area contributed by atoms with Crippen LogP contribution in [0.2, 0.25) is 0 Å². The van der Waals surface area contributed by atoms with Crippen LogP contribution in [-0.2, 0) is 7.05 Å². The van der Waals surface area contributed by atoms with E-state index in [1.165, 1.54) is 0 Å². The van der Waals surface area contributed by atoms with Gasteiger partial charge in [0, 0.05) is 38.9 Å². The van der Waals surface area contributed by atoms with Crippen LogP contribution in [0, 0.1) is 6.92 Å². The highest BCUT2D eigenvalue weighted by atomic mass is 16.2. The fourth-order valence-corrected chi connectivity index (χ4v) is 3.43. The molecule has 2 amide bonds. The van der Waals surface area contributed by atoms with Gasteiger partial charge < -0.3 is 19.7 Å². The van der Waals surface area contributed by atoms with Gasteiger partial charge in [0.25, 0.3) is 0 Å². The zero-order valence-corrected chi connectivity index (χ0v) is 15.1. The quantitative estimate of drug-likeness (QED) is 0.773. The van der Waals surface area contributed by atoms with E-state index in [9.17, 15) is 4.79 Å². The molecule has 0 atom stereocenters. The summed E-state index contributed by atoms with van der Waals surface area (Å²) in [5.74, 6) is 0.963. The van der Waals surface area contributed by atoms with Crippen molar-refractivity contribution in [3.63, 3.8) is 0 Å². The van der Waals surface area contributed by atoms with E-state index < -0.39 is 0 Å². The molecule has 0 spiro atoms. The van der Waals surface area contributed by atoms with Gasteiger partial charge in [-0.1, -0.05) is 30.3 Å². The van der Waals surface area contributed by atoms with Crippen molar-refractivity contribution in [2.45, 2.75) is 6.92 Å². The SMILES string of the molecule is Cc1ccccc1NC(=O)N1CCN(c2nc3ccccc3n2C)CC1. The molecule has 0 radical (unpaired) electrons. The Bertz CT molecular complexity index is 940. The summed E-state index contributed by atoms with van der Waals surface area (Å²) in [5.41, 5.74) is 4.07. The number of carbonyl (C=O) groups excluding carboxylic acids is 1. The van der Waals surface area contributed by atoms with Crippen LogP contribution < -0.4 is 10.2 Å². The number of hydrogen-bond acceptors (Lipinski definition) is 3. The first kappa shape index (κ1) is 16.4. The lowest BCUT2D eigenvalue weighted by atomic mass is 10.2. The fourth-order valence-electron chi connectivity index (χ4n) is 3.43. The van der Waals surface area contributed by atoms with Gasteiger partial charge in [-0.15, -0.1) is 0 Å². The third kappa shape index (κ3) is 2.98. The topological polar surface area (TPSA) is 53.4 Å². The minimum atomic E-state index is -0.0380. The average molecular weight is 349 g/mol. The van der Waals surface area contributed by atoms with Gasteiger partial charge in [0.1, 0.15) is 0 Å². The zero-order valence-electron chi connectivity index (χ0n) is 15.1. The number of amides is 2. The van der Waals surface area contributed by atoms with Crippen molar-refractivity contribution in [3.8, 4) is 0 Å². The molecule has 1 fully saturated rings. The third-order valence-corrected chi connectivity index (χ3v) is 5.00. The van der Waals surface area contributed by atoms with Crippen molar-refractivity contribution in [2.75, 3.05) is 36.4 Å². The van der Waals surface area contributed by atoms with Crippen LogP contribution in [0.1, 0.15) is 5.56 Å². The minimum absolute atomic E-state index is 0.0380. The van der Waals surface area contributed by atoms with Gasteiger partial charge in [-0.25, -0.2) is 9.78 Å².